The SMILES string of the molecule is CCCCCCCCCCC#[C][Hg][C]#CCCCCCCCCCC. The predicted octanol–water partition coefficient (Wildman–Crippen LogP) is 8.05. The van der Waals surface area contributed by atoms with Gasteiger partial charge < -0.3 is 0 Å². The van der Waals surface area contributed by atoms with Crippen molar-refractivity contribution in [3.8, 4) is 18.7 Å². The molecule has 0 heterocycles. The van der Waals surface area contributed by atoms with E-state index in [9.17, 15) is 0 Å². The van der Waals surface area contributed by atoms with Gasteiger partial charge in [0.25, 0.3) is 0 Å². The van der Waals surface area contributed by atoms with E-state index in [0.717, 1.165) is 12.8 Å². The molecule has 0 aromatic heterocycles. The summed E-state index contributed by atoms with van der Waals surface area (Å²) >= 11 is -1.13. The molecule has 0 unspecified atom stereocenters. The minimum atomic E-state index is -1.13. The molecule has 0 saturated carbocycles. The molecule has 0 atom stereocenters. The fourth-order valence-corrected chi connectivity index (χ4v) is 5.73. The summed E-state index contributed by atoms with van der Waals surface area (Å²) in [4.78, 5) is 0. The quantitative estimate of drug-likeness (QED) is 0.107. The van der Waals surface area contributed by atoms with Crippen molar-refractivity contribution in [3.05, 3.63) is 0 Å². The zero-order valence-corrected chi connectivity index (χ0v) is 22.9. The molecule has 0 aromatic rings. The Bertz CT molecular complexity index is 327. The third kappa shape index (κ3) is 24.1. The van der Waals surface area contributed by atoms with E-state index in [-0.39, 0.29) is 0 Å². The van der Waals surface area contributed by atoms with Gasteiger partial charge in [-0.15, -0.1) is 0 Å². The molecule has 0 radical (unpaired) electrons. The van der Waals surface area contributed by atoms with Gasteiger partial charge in [-0.05, 0) is 0 Å². The molecule has 25 heavy (non-hydrogen) atoms. The number of hydrogen-bond donors (Lipinski definition) is 0. The third-order valence-electron chi connectivity index (χ3n) is 4.74. The summed E-state index contributed by atoms with van der Waals surface area (Å²) in [6.07, 6.45) is 24.6. The summed E-state index contributed by atoms with van der Waals surface area (Å²) in [5.41, 5.74) is 0. The van der Waals surface area contributed by atoms with Crippen molar-refractivity contribution in [2.24, 2.45) is 0 Å². The van der Waals surface area contributed by atoms with Gasteiger partial charge in [-0.3, -0.25) is 0 Å². The van der Waals surface area contributed by atoms with Crippen LogP contribution in [0.5, 0.6) is 0 Å². The molecule has 0 rings (SSSR count). The molecule has 0 aliphatic carbocycles. The van der Waals surface area contributed by atoms with Crippen LogP contribution in [0.2, 0.25) is 0 Å². The van der Waals surface area contributed by atoms with Gasteiger partial charge in [0.1, 0.15) is 0 Å². The van der Waals surface area contributed by atoms with Crippen LogP contribution in [0.4, 0.5) is 0 Å². The predicted molar refractivity (Wildman–Crippen MR) is 110 cm³/mol. The first-order valence-corrected chi connectivity index (χ1v) is 16.8. The van der Waals surface area contributed by atoms with Crippen LogP contribution >= 0.6 is 0 Å². The van der Waals surface area contributed by atoms with Crippen LogP contribution in [0.3, 0.4) is 0 Å². The fraction of sp³-hybridized carbons (Fsp3) is 0.833. The maximum atomic E-state index is 3.43. The number of hydrogen-bond acceptors (Lipinski definition) is 0. The monoisotopic (exact) mass is 532 g/mol. The Morgan fingerprint density at radius 3 is 1.12 bits per heavy atom. The van der Waals surface area contributed by atoms with Crippen molar-refractivity contribution in [3.63, 3.8) is 0 Å². The first-order valence-electron chi connectivity index (χ1n) is 11.3. The minimum absolute atomic E-state index is 1.12. The summed E-state index contributed by atoms with van der Waals surface area (Å²) in [5.74, 6) is 6.76. The van der Waals surface area contributed by atoms with Crippen molar-refractivity contribution in [1.29, 1.82) is 0 Å². The van der Waals surface area contributed by atoms with Crippen LogP contribution in [0, 0.1) is 18.7 Å². The van der Waals surface area contributed by atoms with Crippen LogP contribution in [0.15, 0.2) is 0 Å². The summed E-state index contributed by atoms with van der Waals surface area (Å²) < 4.78 is 6.87. The molecule has 1 heteroatoms. The Labute approximate surface area is 172 Å². The second-order valence-corrected chi connectivity index (χ2v) is 11.5. The van der Waals surface area contributed by atoms with Crippen LogP contribution in [0.25, 0.3) is 0 Å². The molecule has 0 aliphatic heterocycles. The Morgan fingerprint density at radius 2 is 0.760 bits per heavy atom. The first kappa shape index (κ1) is 25.1. The van der Waals surface area contributed by atoms with Gasteiger partial charge in [-0.2, -0.15) is 0 Å². The number of unbranched alkanes of at least 4 members (excludes halogenated alkanes) is 16. The molecular weight excluding hydrogens is 489 g/mol. The molecule has 0 aliphatic rings. The van der Waals surface area contributed by atoms with Crippen LogP contribution in [-0.2, 0) is 24.6 Å². The van der Waals surface area contributed by atoms with Crippen molar-refractivity contribution in [2.45, 2.75) is 129 Å². The standard InChI is InChI=1S/2C12H21.Hg/c2*1-3-5-7-9-11-12-10-8-6-4-2;/h2*3,5-12H2,1H3;. The van der Waals surface area contributed by atoms with Gasteiger partial charge in [0.2, 0.25) is 0 Å². The zero-order valence-electron chi connectivity index (χ0n) is 17.4. The molecule has 0 saturated heterocycles. The summed E-state index contributed by atoms with van der Waals surface area (Å²) in [5, 5.41) is 0. The van der Waals surface area contributed by atoms with Gasteiger partial charge in [-0.25, -0.2) is 0 Å². The second-order valence-electron chi connectivity index (χ2n) is 7.33. The van der Waals surface area contributed by atoms with Crippen LogP contribution in [-0.4, -0.2) is 0 Å². The van der Waals surface area contributed by atoms with Crippen molar-refractivity contribution >= 4 is 0 Å². The number of rotatable bonds is 16. The van der Waals surface area contributed by atoms with Gasteiger partial charge in [-0.1, -0.05) is 0 Å². The van der Waals surface area contributed by atoms with E-state index >= 15 is 0 Å². The Morgan fingerprint density at radius 1 is 0.440 bits per heavy atom. The molecule has 140 valence electrons. The molecule has 0 fully saturated rings. The summed E-state index contributed by atoms with van der Waals surface area (Å²) in [7, 11) is 0. The zero-order chi connectivity index (χ0) is 18.3. The van der Waals surface area contributed by atoms with Gasteiger partial charge >= 0.3 is 173 Å². The third-order valence-corrected chi connectivity index (χ3v) is 8.06. The van der Waals surface area contributed by atoms with Crippen molar-refractivity contribution in [2.75, 3.05) is 0 Å². The molecule has 0 nitrogen and oxygen atoms in total. The van der Waals surface area contributed by atoms with Gasteiger partial charge in [0.05, 0.1) is 0 Å². The normalized spacial score (nSPS) is 9.68. The van der Waals surface area contributed by atoms with Gasteiger partial charge in [0.15, 0.2) is 0 Å². The molecule has 0 amide bonds. The first-order chi connectivity index (χ1) is 12.4. The average Bonchev–Trinajstić information content (AvgIpc) is 2.63. The topological polar surface area (TPSA) is 0 Å². The Balaban J connectivity index is 3.22. The van der Waals surface area contributed by atoms with E-state index < -0.39 is 24.6 Å². The van der Waals surface area contributed by atoms with E-state index in [1.807, 2.05) is 0 Å². The second kappa shape index (κ2) is 24.1. The molecule has 0 bridgehead atoms. The average molecular weight is 531 g/mol. The van der Waals surface area contributed by atoms with Crippen LogP contribution in [0.1, 0.15) is 129 Å². The Kier molecular flexibility index (Phi) is 24.1. The van der Waals surface area contributed by atoms with Crippen molar-refractivity contribution < 1.29 is 24.6 Å². The fourth-order valence-electron chi connectivity index (χ4n) is 3.04. The van der Waals surface area contributed by atoms with E-state index in [2.05, 4.69) is 32.5 Å². The maximum absolute atomic E-state index is 3.43. The molecule has 0 aromatic carbocycles. The molecular formula is C24H42Hg. The Hall–Kier alpha value is 0.0551. The van der Waals surface area contributed by atoms with E-state index in [0.29, 0.717) is 0 Å². The van der Waals surface area contributed by atoms with Crippen molar-refractivity contribution in [1.82, 2.24) is 0 Å². The van der Waals surface area contributed by atoms with E-state index in [1.165, 1.54) is 103 Å². The van der Waals surface area contributed by atoms with E-state index in [4.69, 9.17) is 0 Å². The summed E-state index contributed by atoms with van der Waals surface area (Å²) in [6.45, 7) is 4.57. The van der Waals surface area contributed by atoms with Gasteiger partial charge in [0, 0.05) is 0 Å². The molecule has 0 N–H and O–H groups in total. The van der Waals surface area contributed by atoms with Crippen LogP contribution < -0.4 is 0 Å². The summed E-state index contributed by atoms with van der Waals surface area (Å²) in [6, 6.07) is 0. The molecule has 0 spiro atoms. The van der Waals surface area contributed by atoms with E-state index in [1.54, 1.807) is 0 Å².